The molecule has 0 aliphatic carbocycles. The lowest BCUT2D eigenvalue weighted by Gasteiger charge is -2.10. The minimum atomic E-state index is -4.27. The van der Waals surface area contributed by atoms with Crippen LogP contribution in [0.3, 0.4) is 0 Å². The van der Waals surface area contributed by atoms with Gasteiger partial charge in [0.05, 0.1) is 29.4 Å². The Morgan fingerprint density at radius 2 is 1.82 bits per heavy atom. The first-order chi connectivity index (χ1) is 13.4. The average molecular weight is 401 g/mol. The molecule has 9 heteroatoms. The molecule has 0 saturated carbocycles. The summed E-state index contributed by atoms with van der Waals surface area (Å²) in [5.41, 5.74) is 1.52. The van der Waals surface area contributed by atoms with Gasteiger partial charge in [0.15, 0.2) is 17.4 Å². The normalized spacial score (nSPS) is 11.7. The van der Waals surface area contributed by atoms with Crippen LogP contribution in [0.2, 0.25) is 0 Å². The molecule has 28 heavy (non-hydrogen) atoms. The summed E-state index contributed by atoms with van der Waals surface area (Å²) in [7, 11) is -3.17. The zero-order valence-electron chi connectivity index (χ0n) is 14.5. The van der Waals surface area contributed by atoms with Gasteiger partial charge >= 0.3 is 0 Å². The maximum Gasteiger partial charge on any atom is 0.268 e. The second-order valence-corrected chi connectivity index (χ2v) is 7.69. The van der Waals surface area contributed by atoms with E-state index in [1.807, 2.05) is 0 Å². The molecular weight excluding hydrogens is 388 g/mol. The third kappa shape index (κ3) is 2.80. The molecule has 0 amide bonds. The highest BCUT2D eigenvalue weighted by Gasteiger charge is 2.24. The van der Waals surface area contributed by atoms with Crippen LogP contribution < -0.4 is 4.74 Å². The van der Waals surface area contributed by atoms with Crippen molar-refractivity contribution < 1.29 is 21.9 Å². The van der Waals surface area contributed by atoms with Gasteiger partial charge in [0.1, 0.15) is 0 Å². The fraction of sp³-hybridized carbons (Fsp3) is 0.0526. The first-order valence-corrected chi connectivity index (χ1v) is 9.52. The third-order valence-corrected chi connectivity index (χ3v) is 5.92. The molecule has 3 aromatic heterocycles. The van der Waals surface area contributed by atoms with Crippen molar-refractivity contribution in [1.82, 2.24) is 13.9 Å². The molecule has 0 aliphatic heterocycles. The minimum Gasteiger partial charge on any atom is -0.491 e. The highest BCUT2D eigenvalue weighted by atomic mass is 32.2. The zero-order valence-corrected chi connectivity index (χ0v) is 15.3. The van der Waals surface area contributed by atoms with Gasteiger partial charge in [-0.1, -0.05) is 6.07 Å². The molecule has 3 heterocycles. The summed E-state index contributed by atoms with van der Waals surface area (Å²) >= 11 is 0. The zero-order chi connectivity index (χ0) is 19.9. The van der Waals surface area contributed by atoms with E-state index in [1.165, 1.54) is 12.4 Å². The van der Waals surface area contributed by atoms with E-state index < -0.39 is 32.3 Å². The van der Waals surface area contributed by atoms with Crippen molar-refractivity contribution in [2.45, 2.75) is 4.90 Å². The first-order valence-electron chi connectivity index (χ1n) is 8.08. The van der Waals surface area contributed by atoms with E-state index in [1.54, 1.807) is 36.7 Å². The highest BCUT2D eigenvalue weighted by Crippen LogP contribution is 2.31. The highest BCUT2D eigenvalue weighted by molar-refractivity contribution is 7.90. The van der Waals surface area contributed by atoms with Crippen LogP contribution in [0.1, 0.15) is 0 Å². The minimum absolute atomic E-state index is 0.264. The number of hydrogen-bond donors (Lipinski definition) is 0. The summed E-state index contributed by atoms with van der Waals surface area (Å²) in [6.07, 6.45) is 5.88. The summed E-state index contributed by atoms with van der Waals surface area (Å²) < 4.78 is 59.6. The van der Waals surface area contributed by atoms with Crippen LogP contribution in [0.25, 0.3) is 22.2 Å². The molecule has 0 N–H and O–H groups in total. The SMILES string of the molecule is COc1c(F)cc(S(=O)(=O)n2ccc3c(-c4ccccn4)cncc32)cc1F. The number of nitrogens with zero attached hydrogens (tertiary/aromatic N) is 3. The number of rotatable bonds is 4. The lowest BCUT2D eigenvalue weighted by Crippen LogP contribution is -2.13. The Morgan fingerprint density at radius 1 is 1.07 bits per heavy atom. The van der Waals surface area contributed by atoms with Crippen molar-refractivity contribution in [2.75, 3.05) is 7.11 Å². The Hall–Kier alpha value is -3.33. The van der Waals surface area contributed by atoms with Crippen LogP contribution in [0, 0.1) is 11.6 Å². The molecule has 0 bridgehead atoms. The molecule has 6 nitrogen and oxygen atoms in total. The number of benzene rings is 1. The van der Waals surface area contributed by atoms with Crippen LogP contribution >= 0.6 is 0 Å². The molecule has 4 aromatic rings. The second-order valence-electron chi connectivity index (χ2n) is 5.87. The van der Waals surface area contributed by atoms with E-state index in [0.717, 1.165) is 23.2 Å². The van der Waals surface area contributed by atoms with Crippen LogP contribution in [-0.4, -0.2) is 29.5 Å². The van der Waals surface area contributed by atoms with Gasteiger partial charge in [-0.15, -0.1) is 0 Å². The van der Waals surface area contributed by atoms with Crippen LogP contribution in [0.5, 0.6) is 5.75 Å². The van der Waals surface area contributed by atoms with Crippen molar-refractivity contribution in [3.63, 3.8) is 0 Å². The van der Waals surface area contributed by atoms with E-state index in [-0.39, 0.29) is 5.52 Å². The molecule has 142 valence electrons. The van der Waals surface area contributed by atoms with Gasteiger partial charge in [0, 0.05) is 29.5 Å². The van der Waals surface area contributed by atoms with E-state index in [4.69, 9.17) is 0 Å². The van der Waals surface area contributed by atoms with E-state index in [2.05, 4.69) is 14.7 Å². The number of aromatic nitrogens is 3. The summed E-state index contributed by atoms with van der Waals surface area (Å²) in [6, 6.07) is 8.38. The predicted octanol–water partition coefficient (Wildman–Crippen LogP) is 3.62. The van der Waals surface area contributed by atoms with Crippen molar-refractivity contribution in [1.29, 1.82) is 0 Å². The van der Waals surface area contributed by atoms with Crippen LogP contribution in [0.15, 0.2) is 66.1 Å². The van der Waals surface area contributed by atoms with Crippen LogP contribution in [0.4, 0.5) is 8.78 Å². The molecule has 0 unspecified atom stereocenters. The second kappa shape index (κ2) is 6.68. The van der Waals surface area contributed by atoms with Crippen molar-refractivity contribution >= 4 is 20.9 Å². The molecule has 0 radical (unpaired) electrons. The average Bonchev–Trinajstić information content (AvgIpc) is 3.13. The lowest BCUT2D eigenvalue weighted by molar-refractivity contribution is 0.358. The fourth-order valence-corrected chi connectivity index (χ4v) is 4.32. The number of fused-ring (bicyclic) bond motifs is 1. The fourth-order valence-electron chi connectivity index (χ4n) is 2.96. The van der Waals surface area contributed by atoms with Gasteiger partial charge in [-0.3, -0.25) is 9.97 Å². The third-order valence-electron chi connectivity index (χ3n) is 4.25. The smallest absolute Gasteiger partial charge is 0.268 e. The maximum atomic E-state index is 14.0. The van der Waals surface area contributed by atoms with E-state index in [0.29, 0.717) is 16.6 Å². The van der Waals surface area contributed by atoms with Gasteiger partial charge < -0.3 is 4.74 Å². The number of halogens is 2. The molecule has 0 fully saturated rings. The number of hydrogen-bond acceptors (Lipinski definition) is 5. The molecule has 0 spiro atoms. The summed E-state index contributed by atoms with van der Waals surface area (Å²) in [5, 5.41) is 0.590. The topological polar surface area (TPSA) is 74.1 Å². The standard InChI is InChI=1S/C19H13F2N3O3S/c1-27-19-15(20)8-12(9-16(19)21)28(25,26)24-7-5-13-14(10-22-11-18(13)24)17-4-2-3-6-23-17/h2-11H,1H3. The molecule has 0 aliphatic rings. The number of ether oxygens (including phenoxy) is 1. The Kier molecular flexibility index (Phi) is 4.31. The Labute approximate surface area is 159 Å². The van der Waals surface area contributed by atoms with Crippen molar-refractivity contribution in [3.05, 3.63) is 72.8 Å². The monoisotopic (exact) mass is 401 g/mol. The quantitative estimate of drug-likeness (QED) is 0.522. The van der Waals surface area contributed by atoms with Gasteiger partial charge in [-0.25, -0.2) is 21.2 Å². The maximum absolute atomic E-state index is 14.0. The van der Waals surface area contributed by atoms with Crippen LogP contribution in [-0.2, 0) is 10.0 Å². The van der Waals surface area contributed by atoms with Gasteiger partial charge in [-0.2, -0.15) is 0 Å². The molecular formula is C19H13F2N3O3S. The van der Waals surface area contributed by atoms with E-state index in [9.17, 15) is 17.2 Å². The number of pyridine rings is 2. The predicted molar refractivity (Wildman–Crippen MR) is 98.5 cm³/mol. The lowest BCUT2D eigenvalue weighted by atomic mass is 10.1. The summed E-state index contributed by atoms with van der Waals surface area (Å²) in [5.74, 6) is -2.86. The molecule has 0 saturated heterocycles. The molecule has 1 aromatic carbocycles. The molecule has 4 rings (SSSR count). The van der Waals surface area contributed by atoms with E-state index >= 15 is 0 Å². The first kappa shape index (κ1) is 18.1. The largest absolute Gasteiger partial charge is 0.491 e. The Morgan fingerprint density at radius 3 is 2.46 bits per heavy atom. The van der Waals surface area contributed by atoms with Crippen molar-refractivity contribution in [2.24, 2.45) is 0 Å². The summed E-state index contributed by atoms with van der Waals surface area (Å²) in [6.45, 7) is 0. The number of methoxy groups -OCH3 is 1. The summed E-state index contributed by atoms with van der Waals surface area (Å²) in [4.78, 5) is 7.82. The Balaban J connectivity index is 1.91. The van der Waals surface area contributed by atoms with Gasteiger partial charge in [0.2, 0.25) is 0 Å². The van der Waals surface area contributed by atoms with Crippen molar-refractivity contribution in [3.8, 4) is 17.0 Å². The Bertz CT molecular complexity index is 1270. The van der Waals surface area contributed by atoms with Gasteiger partial charge in [-0.05, 0) is 30.3 Å². The van der Waals surface area contributed by atoms with Gasteiger partial charge in [0.25, 0.3) is 10.0 Å². The molecule has 0 atom stereocenters.